The maximum Gasteiger partial charge on any atom is 0.334 e. The molecule has 0 aliphatic rings. The fourth-order valence-corrected chi connectivity index (χ4v) is 1.66. The molecule has 2 atom stereocenters. The monoisotopic (exact) mass is 300 g/mol. The molecule has 1 aromatic carbocycles. The predicted molar refractivity (Wildman–Crippen MR) is 74.7 cm³/mol. The van der Waals surface area contributed by atoms with Gasteiger partial charge in [0, 0.05) is 12.1 Å². The number of carboxylic acid groups (broad SMARTS) is 1. The first kappa shape index (κ1) is 16.3. The Balaban J connectivity index is 2.59. The van der Waals surface area contributed by atoms with Crippen molar-refractivity contribution in [1.29, 1.82) is 0 Å². The van der Waals surface area contributed by atoms with Crippen molar-refractivity contribution in [3.8, 4) is 0 Å². The summed E-state index contributed by atoms with van der Waals surface area (Å²) in [5.41, 5.74) is 0.894. The molecule has 2 unspecified atom stereocenters. The number of halogens is 1. The molecule has 0 aromatic heterocycles. The third kappa shape index (κ3) is 4.40. The zero-order chi connectivity index (χ0) is 15.3. The van der Waals surface area contributed by atoms with Crippen molar-refractivity contribution in [2.45, 2.75) is 19.1 Å². The SMILES string of the molecule is CC(c1ccc(Cl)cc1)N(C)C(=O)NCC(O)C(=O)O. The molecule has 0 saturated carbocycles. The van der Waals surface area contributed by atoms with Crippen molar-refractivity contribution in [3.63, 3.8) is 0 Å². The average molecular weight is 301 g/mol. The second-order valence-electron chi connectivity index (χ2n) is 4.38. The Labute approximate surface area is 122 Å². The highest BCUT2D eigenvalue weighted by Crippen LogP contribution is 2.20. The van der Waals surface area contributed by atoms with E-state index in [4.69, 9.17) is 21.8 Å². The minimum absolute atomic E-state index is 0.214. The Kier molecular flexibility index (Phi) is 5.79. The lowest BCUT2D eigenvalue weighted by Crippen LogP contribution is -2.43. The number of carbonyl (C=O) groups is 2. The molecule has 6 nitrogen and oxygen atoms in total. The Morgan fingerprint density at radius 3 is 2.40 bits per heavy atom. The van der Waals surface area contributed by atoms with Crippen LogP contribution in [0.3, 0.4) is 0 Å². The summed E-state index contributed by atoms with van der Waals surface area (Å²) in [5, 5.41) is 20.6. The number of urea groups is 1. The minimum atomic E-state index is -1.61. The van der Waals surface area contributed by atoms with Crippen molar-refractivity contribution in [3.05, 3.63) is 34.9 Å². The number of carboxylic acids is 1. The Morgan fingerprint density at radius 2 is 1.90 bits per heavy atom. The number of hydrogen-bond acceptors (Lipinski definition) is 3. The lowest BCUT2D eigenvalue weighted by molar-refractivity contribution is -0.146. The molecule has 20 heavy (non-hydrogen) atoms. The van der Waals surface area contributed by atoms with Gasteiger partial charge in [0.2, 0.25) is 0 Å². The van der Waals surface area contributed by atoms with E-state index in [2.05, 4.69) is 5.32 Å². The quantitative estimate of drug-likeness (QED) is 0.768. The Hall–Kier alpha value is -1.79. The number of aliphatic carboxylic acids is 1. The number of amides is 2. The van der Waals surface area contributed by atoms with E-state index < -0.39 is 18.1 Å². The molecular formula is C13H17ClN2O4. The van der Waals surface area contributed by atoms with Gasteiger partial charge in [-0.3, -0.25) is 0 Å². The molecule has 0 radical (unpaired) electrons. The van der Waals surface area contributed by atoms with Gasteiger partial charge in [0.15, 0.2) is 6.10 Å². The van der Waals surface area contributed by atoms with Crippen molar-refractivity contribution in [1.82, 2.24) is 10.2 Å². The minimum Gasteiger partial charge on any atom is -0.479 e. The van der Waals surface area contributed by atoms with Crippen LogP contribution in [0.25, 0.3) is 0 Å². The number of nitrogens with zero attached hydrogens (tertiary/aromatic N) is 1. The number of benzene rings is 1. The summed E-state index contributed by atoms with van der Waals surface area (Å²) in [6.07, 6.45) is -1.61. The van der Waals surface area contributed by atoms with Gasteiger partial charge >= 0.3 is 12.0 Å². The normalized spacial score (nSPS) is 13.4. The van der Waals surface area contributed by atoms with E-state index in [9.17, 15) is 9.59 Å². The maximum atomic E-state index is 11.8. The van der Waals surface area contributed by atoms with Gasteiger partial charge in [-0.05, 0) is 24.6 Å². The molecular weight excluding hydrogens is 284 g/mol. The van der Waals surface area contributed by atoms with Crippen LogP contribution in [0.2, 0.25) is 5.02 Å². The lowest BCUT2D eigenvalue weighted by atomic mass is 10.1. The third-order valence-corrected chi connectivity index (χ3v) is 3.24. The Morgan fingerprint density at radius 1 is 1.35 bits per heavy atom. The summed E-state index contributed by atoms with van der Waals surface area (Å²) in [6, 6.07) is 6.40. The molecule has 1 rings (SSSR count). The van der Waals surface area contributed by atoms with Gasteiger partial charge in [0.25, 0.3) is 0 Å². The van der Waals surface area contributed by atoms with Crippen LogP contribution >= 0.6 is 11.6 Å². The van der Waals surface area contributed by atoms with E-state index in [-0.39, 0.29) is 12.6 Å². The number of carbonyl (C=O) groups excluding carboxylic acids is 1. The largest absolute Gasteiger partial charge is 0.479 e. The molecule has 0 aliphatic carbocycles. The number of aliphatic hydroxyl groups is 1. The van der Waals surface area contributed by atoms with Crippen LogP contribution in [0.1, 0.15) is 18.5 Å². The molecule has 0 saturated heterocycles. The molecule has 7 heteroatoms. The fourth-order valence-electron chi connectivity index (χ4n) is 1.54. The Bertz CT molecular complexity index is 478. The second-order valence-corrected chi connectivity index (χ2v) is 4.81. The van der Waals surface area contributed by atoms with Gasteiger partial charge in [-0.1, -0.05) is 23.7 Å². The van der Waals surface area contributed by atoms with E-state index in [1.165, 1.54) is 4.90 Å². The van der Waals surface area contributed by atoms with Gasteiger partial charge in [0.05, 0.1) is 12.6 Å². The van der Waals surface area contributed by atoms with Crippen molar-refractivity contribution in [2.75, 3.05) is 13.6 Å². The number of aliphatic hydroxyl groups excluding tert-OH is 1. The molecule has 0 bridgehead atoms. The third-order valence-electron chi connectivity index (χ3n) is 2.99. The molecule has 1 aromatic rings. The number of hydrogen-bond donors (Lipinski definition) is 3. The predicted octanol–water partition coefficient (Wildman–Crippen LogP) is 1.49. The van der Waals surface area contributed by atoms with Gasteiger partial charge in [0.1, 0.15) is 0 Å². The molecule has 0 spiro atoms. The molecule has 0 heterocycles. The zero-order valence-corrected chi connectivity index (χ0v) is 12.0. The standard InChI is InChI=1S/C13H17ClN2O4/c1-8(9-3-5-10(14)6-4-9)16(2)13(20)15-7-11(17)12(18)19/h3-6,8,11,17H,7H2,1-2H3,(H,15,20)(H,18,19). The summed E-state index contributed by atoms with van der Waals surface area (Å²) >= 11 is 5.80. The molecule has 2 amide bonds. The number of rotatable bonds is 5. The summed E-state index contributed by atoms with van der Waals surface area (Å²) in [4.78, 5) is 23.7. The molecule has 110 valence electrons. The number of nitrogens with one attached hydrogen (secondary N) is 1. The highest BCUT2D eigenvalue weighted by atomic mass is 35.5. The van der Waals surface area contributed by atoms with E-state index in [0.717, 1.165) is 5.56 Å². The topological polar surface area (TPSA) is 89.9 Å². The summed E-state index contributed by atoms with van der Waals surface area (Å²) in [6.45, 7) is 1.49. The van der Waals surface area contributed by atoms with E-state index in [1.807, 2.05) is 19.1 Å². The van der Waals surface area contributed by atoms with E-state index in [0.29, 0.717) is 5.02 Å². The van der Waals surface area contributed by atoms with Crippen LogP contribution in [-0.2, 0) is 4.79 Å². The first-order chi connectivity index (χ1) is 9.32. The molecule has 0 aliphatic heterocycles. The summed E-state index contributed by atoms with van der Waals surface area (Å²) in [7, 11) is 1.59. The molecule has 0 fully saturated rings. The van der Waals surface area contributed by atoms with Gasteiger partial charge < -0.3 is 20.4 Å². The van der Waals surface area contributed by atoms with E-state index in [1.54, 1.807) is 19.2 Å². The highest BCUT2D eigenvalue weighted by molar-refractivity contribution is 6.30. The first-order valence-electron chi connectivity index (χ1n) is 6.00. The fraction of sp³-hybridized carbons (Fsp3) is 0.385. The lowest BCUT2D eigenvalue weighted by Gasteiger charge is -2.26. The van der Waals surface area contributed by atoms with Crippen LogP contribution in [0.5, 0.6) is 0 Å². The van der Waals surface area contributed by atoms with Crippen molar-refractivity contribution in [2.24, 2.45) is 0 Å². The van der Waals surface area contributed by atoms with E-state index >= 15 is 0 Å². The van der Waals surface area contributed by atoms with Crippen molar-refractivity contribution < 1.29 is 19.8 Å². The maximum absolute atomic E-state index is 11.8. The van der Waals surface area contributed by atoms with Gasteiger partial charge in [-0.2, -0.15) is 0 Å². The van der Waals surface area contributed by atoms with Crippen molar-refractivity contribution >= 4 is 23.6 Å². The smallest absolute Gasteiger partial charge is 0.334 e. The molecule has 3 N–H and O–H groups in total. The summed E-state index contributed by atoms with van der Waals surface area (Å²) < 4.78 is 0. The van der Waals surface area contributed by atoms with Crippen LogP contribution in [0.4, 0.5) is 4.79 Å². The zero-order valence-electron chi connectivity index (χ0n) is 11.2. The summed E-state index contributed by atoms with van der Waals surface area (Å²) in [5.74, 6) is -1.38. The van der Waals surface area contributed by atoms with Crippen LogP contribution in [0, 0.1) is 0 Å². The van der Waals surface area contributed by atoms with Crippen LogP contribution < -0.4 is 5.32 Å². The van der Waals surface area contributed by atoms with Gasteiger partial charge in [-0.25, -0.2) is 9.59 Å². The van der Waals surface area contributed by atoms with Gasteiger partial charge in [-0.15, -0.1) is 0 Å². The highest BCUT2D eigenvalue weighted by Gasteiger charge is 2.19. The van der Waals surface area contributed by atoms with Crippen LogP contribution in [-0.4, -0.2) is 46.8 Å². The average Bonchev–Trinajstić information content (AvgIpc) is 2.43. The second kappa shape index (κ2) is 7.12. The van der Waals surface area contributed by atoms with Crippen LogP contribution in [0.15, 0.2) is 24.3 Å². The first-order valence-corrected chi connectivity index (χ1v) is 6.37.